The van der Waals surface area contributed by atoms with Crippen LogP contribution in [0.2, 0.25) is 0 Å². The zero-order valence-electron chi connectivity index (χ0n) is 15.9. The number of thiazole rings is 1. The van der Waals surface area contributed by atoms with Gasteiger partial charge in [0.2, 0.25) is 23.6 Å². The average molecular weight is 397 g/mol. The Morgan fingerprint density at radius 1 is 1.52 bits per heavy atom. The van der Waals surface area contributed by atoms with Crippen LogP contribution in [0.25, 0.3) is 0 Å². The Morgan fingerprint density at radius 3 is 2.93 bits per heavy atom. The van der Waals surface area contributed by atoms with Crippen molar-refractivity contribution in [3.63, 3.8) is 0 Å². The number of rotatable bonds is 6. The van der Waals surface area contributed by atoms with Crippen molar-refractivity contribution in [2.24, 2.45) is 0 Å². The lowest BCUT2D eigenvalue weighted by Crippen LogP contribution is -2.48. The number of aryl methyl sites for hydroxylation is 1. The number of carbonyl (C=O) groups is 1. The first-order valence-electron chi connectivity index (χ1n) is 8.84. The molecule has 0 bridgehead atoms. The third kappa shape index (κ3) is 5.08. The molecule has 2 atom stereocenters. The predicted octanol–water partition coefficient (Wildman–Crippen LogP) is 2.89. The summed E-state index contributed by atoms with van der Waals surface area (Å²) in [4.78, 5) is 17.6. The predicted molar refractivity (Wildman–Crippen MR) is 97.7 cm³/mol. The Morgan fingerprint density at radius 2 is 2.30 bits per heavy atom. The van der Waals surface area contributed by atoms with Gasteiger partial charge >= 0.3 is 0 Å². The van der Waals surface area contributed by atoms with Crippen LogP contribution in [0.1, 0.15) is 50.3 Å². The van der Waals surface area contributed by atoms with Crippen molar-refractivity contribution >= 4 is 22.4 Å². The Balaban J connectivity index is 1.56. The number of nitrogens with zero attached hydrogens (tertiary/aromatic N) is 4. The molecule has 0 saturated carbocycles. The Kier molecular flexibility index (Phi) is 5.87. The number of hydrogen-bond donors (Lipinski definition) is 1. The summed E-state index contributed by atoms with van der Waals surface area (Å²) in [7, 11) is 0. The minimum absolute atomic E-state index is 0.207. The van der Waals surface area contributed by atoms with Gasteiger partial charge in [-0.15, -0.1) is 10.2 Å². The molecule has 1 fully saturated rings. The fourth-order valence-corrected chi connectivity index (χ4v) is 4.19. The van der Waals surface area contributed by atoms with E-state index >= 15 is 0 Å². The lowest BCUT2D eigenvalue weighted by atomic mass is 9.88. The normalized spacial score (nSPS) is 23.5. The number of carbonyl (C=O) groups excluding carboxylic acids is 1. The maximum atomic E-state index is 14.1. The summed E-state index contributed by atoms with van der Waals surface area (Å²) in [5.74, 6) is 0.214. The van der Waals surface area contributed by atoms with Crippen LogP contribution < -0.4 is 5.32 Å². The molecule has 1 aliphatic rings. The zero-order chi connectivity index (χ0) is 19.6. The largest absolute Gasteiger partial charge is 0.423 e. The number of halogens is 1. The minimum Gasteiger partial charge on any atom is -0.423 e. The molecule has 1 amide bonds. The van der Waals surface area contributed by atoms with Gasteiger partial charge in [-0.1, -0.05) is 11.3 Å². The topological polar surface area (TPSA) is 93.4 Å². The van der Waals surface area contributed by atoms with Gasteiger partial charge in [-0.3, -0.25) is 9.69 Å². The molecule has 1 saturated heterocycles. The van der Waals surface area contributed by atoms with Gasteiger partial charge in [0.05, 0.1) is 10.5 Å². The number of likely N-dealkylation sites (tertiary alicyclic amines) is 1. The molecule has 1 N–H and O–H groups in total. The van der Waals surface area contributed by atoms with E-state index < -0.39 is 5.95 Å². The van der Waals surface area contributed by atoms with Crippen molar-refractivity contribution in [3.8, 4) is 0 Å². The van der Waals surface area contributed by atoms with Gasteiger partial charge in [-0.2, -0.15) is 9.37 Å². The molecule has 1 aliphatic heterocycles. The highest BCUT2D eigenvalue weighted by Gasteiger charge is 2.36. The van der Waals surface area contributed by atoms with Crippen molar-refractivity contribution in [2.45, 2.75) is 65.3 Å². The average Bonchev–Trinajstić information content (AvgIpc) is 3.14. The molecule has 10 heteroatoms. The zero-order valence-corrected chi connectivity index (χ0v) is 16.7. The van der Waals surface area contributed by atoms with Gasteiger partial charge in [0.1, 0.15) is 6.61 Å². The number of amides is 1. The fraction of sp³-hybridized carbons (Fsp3) is 0.647. The lowest BCUT2D eigenvalue weighted by Gasteiger charge is -2.43. The molecule has 0 radical (unpaired) electrons. The maximum Gasteiger partial charge on any atom is 0.242 e. The Hall–Kier alpha value is -1.91. The third-order valence-electron chi connectivity index (χ3n) is 4.67. The van der Waals surface area contributed by atoms with Crippen LogP contribution in [0.15, 0.2) is 4.42 Å². The molecule has 0 aliphatic carbocycles. The van der Waals surface area contributed by atoms with E-state index in [0.717, 1.165) is 19.4 Å². The van der Waals surface area contributed by atoms with Crippen LogP contribution in [0.3, 0.4) is 0 Å². The molecule has 2 aromatic heterocycles. The monoisotopic (exact) mass is 397 g/mol. The van der Waals surface area contributed by atoms with Gasteiger partial charge in [-0.25, -0.2) is 0 Å². The molecule has 0 unspecified atom stereocenters. The van der Waals surface area contributed by atoms with Crippen LogP contribution in [0, 0.1) is 12.9 Å². The third-order valence-corrected chi connectivity index (χ3v) is 5.60. The Bertz CT molecular complexity index is 810. The van der Waals surface area contributed by atoms with Gasteiger partial charge in [0, 0.05) is 33.0 Å². The summed E-state index contributed by atoms with van der Waals surface area (Å²) in [6, 6.07) is 0.207. The number of piperidine rings is 1. The van der Waals surface area contributed by atoms with Crippen molar-refractivity contribution in [2.75, 3.05) is 11.9 Å². The minimum atomic E-state index is -0.521. The highest BCUT2D eigenvalue weighted by molar-refractivity contribution is 7.15. The molecule has 8 nitrogen and oxygen atoms in total. The first-order chi connectivity index (χ1) is 12.7. The molecule has 3 heterocycles. The summed E-state index contributed by atoms with van der Waals surface area (Å²) in [6.07, 6.45) is 1.61. The molecule has 0 aromatic carbocycles. The standard InChI is InChI=1S/C17H24FN5O3S/c1-10-7-17(4,25-9-14-22-21-12(3)26-14)5-6-23(10)8-13-15(18)20-16(27-13)19-11(2)24/h10H,5-9H2,1-4H3,(H,19,20,24)/t10-,17-/m0/s1. The molecule has 3 rings (SSSR count). The van der Waals surface area contributed by atoms with E-state index in [-0.39, 0.29) is 24.2 Å². The first-order valence-corrected chi connectivity index (χ1v) is 9.65. The van der Waals surface area contributed by atoms with E-state index in [0.29, 0.717) is 28.3 Å². The van der Waals surface area contributed by atoms with E-state index in [1.165, 1.54) is 18.3 Å². The SMILES string of the molecule is CC(=O)Nc1nc(F)c(CN2CC[C@](C)(OCc3nnc(C)o3)C[C@@H]2C)s1. The summed E-state index contributed by atoms with van der Waals surface area (Å²) >= 11 is 1.17. The lowest BCUT2D eigenvalue weighted by molar-refractivity contribution is -0.114. The number of ether oxygens (including phenoxy) is 1. The second-order valence-electron chi connectivity index (χ2n) is 7.14. The van der Waals surface area contributed by atoms with E-state index in [4.69, 9.17) is 9.15 Å². The second-order valence-corrected chi connectivity index (χ2v) is 8.22. The highest BCUT2D eigenvalue weighted by atomic mass is 32.1. The summed E-state index contributed by atoms with van der Waals surface area (Å²) in [5, 5.41) is 10.6. The molecule has 148 valence electrons. The summed E-state index contributed by atoms with van der Waals surface area (Å²) in [5.41, 5.74) is -0.300. The number of hydrogen-bond acceptors (Lipinski definition) is 8. The van der Waals surface area contributed by atoms with Crippen molar-refractivity contribution in [3.05, 3.63) is 22.6 Å². The van der Waals surface area contributed by atoms with Gasteiger partial charge in [0.15, 0.2) is 5.13 Å². The maximum absolute atomic E-state index is 14.1. The Labute approximate surface area is 161 Å². The number of nitrogens with one attached hydrogen (secondary N) is 1. The molecule has 27 heavy (non-hydrogen) atoms. The molecular formula is C17H24FN5O3S. The van der Waals surface area contributed by atoms with Crippen LogP contribution in [0.4, 0.5) is 9.52 Å². The van der Waals surface area contributed by atoms with E-state index in [1.54, 1.807) is 6.92 Å². The van der Waals surface area contributed by atoms with Gasteiger partial charge in [-0.05, 0) is 26.7 Å². The second kappa shape index (κ2) is 7.99. The number of aromatic nitrogens is 3. The van der Waals surface area contributed by atoms with E-state index in [9.17, 15) is 9.18 Å². The van der Waals surface area contributed by atoms with Gasteiger partial charge < -0.3 is 14.5 Å². The smallest absolute Gasteiger partial charge is 0.242 e. The first kappa shape index (κ1) is 19.8. The van der Waals surface area contributed by atoms with Gasteiger partial charge in [0.25, 0.3) is 0 Å². The summed E-state index contributed by atoms with van der Waals surface area (Å²) in [6.45, 7) is 8.82. The summed E-state index contributed by atoms with van der Waals surface area (Å²) < 4.78 is 25.5. The van der Waals surface area contributed by atoms with E-state index in [2.05, 4.69) is 39.2 Å². The fourth-order valence-electron chi connectivity index (χ4n) is 3.27. The van der Waals surface area contributed by atoms with Crippen LogP contribution in [0.5, 0.6) is 0 Å². The number of anilines is 1. The van der Waals surface area contributed by atoms with Crippen LogP contribution >= 0.6 is 11.3 Å². The van der Waals surface area contributed by atoms with Crippen molar-refractivity contribution < 1.29 is 18.3 Å². The molecule has 0 spiro atoms. The highest BCUT2D eigenvalue weighted by Crippen LogP contribution is 2.33. The quantitative estimate of drug-likeness (QED) is 0.801. The van der Waals surface area contributed by atoms with E-state index in [1.807, 2.05) is 0 Å². The van der Waals surface area contributed by atoms with Crippen LogP contribution in [-0.2, 0) is 22.7 Å². The van der Waals surface area contributed by atoms with Crippen molar-refractivity contribution in [1.29, 1.82) is 0 Å². The van der Waals surface area contributed by atoms with Crippen molar-refractivity contribution in [1.82, 2.24) is 20.1 Å². The molecular weight excluding hydrogens is 373 g/mol. The molecule has 2 aromatic rings. The van der Waals surface area contributed by atoms with Crippen LogP contribution in [-0.4, -0.2) is 44.2 Å².